The molecule has 28 heavy (non-hydrogen) atoms. The number of anilines is 2. The first-order chi connectivity index (χ1) is 13.2. The summed E-state index contributed by atoms with van der Waals surface area (Å²) in [6, 6.07) is 15.2. The Morgan fingerprint density at radius 2 is 1.68 bits per heavy atom. The second kappa shape index (κ2) is 10.8. The van der Waals surface area contributed by atoms with E-state index in [4.69, 9.17) is 5.73 Å². The van der Waals surface area contributed by atoms with Crippen molar-refractivity contribution in [3.63, 3.8) is 0 Å². The largest absolute Gasteiger partial charge is 0.330 e. The zero-order valence-electron chi connectivity index (χ0n) is 16.0. The van der Waals surface area contributed by atoms with E-state index in [9.17, 15) is 9.59 Å². The molecule has 0 saturated heterocycles. The number of nitrogens with zero attached hydrogens (tertiary/aromatic N) is 1. The number of benzene rings is 2. The van der Waals surface area contributed by atoms with Crippen molar-refractivity contribution in [2.45, 2.75) is 38.5 Å². The zero-order valence-corrected chi connectivity index (χ0v) is 16.8. The Morgan fingerprint density at radius 3 is 2.43 bits per heavy atom. The lowest BCUT2D eigenvalue weighted by molar-refractivity contribution is -0.116. The van der Waals surface area contributed by atoms with Gasteiger partial charge in [-0.15, -0.1) is 12.4 Å². The highest BCUT2D eigenvalue weighted by atomic mass is 35.5. The Hall–Kier alpha value is -2.37. The van der Waals surface area contributed by atoms with Gasteiger partial charge in [0.05, 0.1) is 0 Å². The molecule has 0 radical (unpaired) electrons. The highest BCUT2D eigenvalue weighted by molar-refractivity contribution is 6.07. The Kier molecular flexibility index (Phi) is 8.48. The number of fused-ring (bicyclic) bond motifs is 1. The van der Waals surface area contributed by atoms with Gasteiger partial charge in [-0.3, -0.25) is 9.59 Å². The van der Waals surface area contributed by atoms with Gasteiger partial charge in [-0.25, -0.2) is 0 Å². The maximum Gasteiger partial charge on any atom is 0.258 e. The third kappa shape index (κ3) is 5.57. The number of amides is 2. The van der Waals surface area contributed by atoms with Gasteiger partial charge < -0.3 is 16.0 Å². The predicted octanol–water partition coefficient (Wildman–Crippen LogP) is 4.16. The molecule has 5 nitrogen and oxygen atoms in total. The average Bonchev–Trinajstić information content (AvgIpc) is 3.12. The van der Waals surface area contributed by atoms with Crippen molar-refractivity contribution >= 4 is 35.6 Å². The van der Waals surface area contributed by atoms with Crippen LogP contribution in [-0.4, -0.2) is 24.9 Å². The number of nitrogens with two attached hydrogens (primary N) is 1. The first-order valence-electron chi connectivity index (χ1n) is 9.69. The summed E-state index contributed by atoms with van der Waals surface area (Å²) < 4.78 is 0. The lowest BCUT2D eigenvalue weighted by Crippen LogP contribution is -2.28. The van der Waals surface area contributed by atoms with Crippen LogP contribution in [0.2, 0.25) is 0 Å². The molecule has 3 rings (SSSR count). The van der Waals surface area contributed by atoms with Gasteiger partial charge in [0.25, 0.3) is 5.91 Å². The van der Waals surface area contributed by atoms with E-state index in [0.717, 1.165) is 43.5 Å². The highest BCUT2D eigenvalue weighted by Gasteiger charge is 2.24. The van der Waals surface area contributed by atoms with Crippen LogP contribution in [0.15, 0.2) is 48.5 Å². The van der Waals surface area contributed by atoms with E-state index < -0.39 is 0 Å². The van der Waals surface area contributed by atoms with E-state index in [1.807, 2.05) is 23.1 Å². The molecule has 0 fully saturated rings. The fourth-order valence-electron chi connectivity index (χ4n) is 3.41. The van der Waals surface area contributed by atoms with Crippen molar-refractivity contribution in [3.05, 3.63) is 59.7 Å². The second-order valence-electron chi connectivity index (χ2n) is 6.91. The molecule has 0 aliphatic carbocycles. The summed E-state index contributed by atoms with van der Waals surface area (Å²) in [6.45, 7) is 1.42. The van der Waals surface area contributed by atoms with Crippen molar-refractivity contribution in [1.29, 1.82) is 0 Å². The summed E-state index contributed by atoms with van der Waals surface area (Å²) in [4.78, 5) is 26.6. The minimum absolute atomic E-state index is 0. The Bertz CT molecular complexity index is 793. The van der Waals surface area contributed by atoms with E-state index in [1.165, 1.54) is 5.56 Å². The molecule has 0 spiro atoms. The number of carbonyl (C=O) groups excluding carboxylic acids is 2. The van der Waals surface area contributed by atoms with Crippen LogP contribution in [0.4, 0.5) is 11.4 Å². The number of carbonyl (C=O) groups is 2. The smallest absolute Gasteiger partial charge is 0.258 e. The molecule has 0 bridgehead atoms. The molecule has 1 heterocycles. The molecule has 1 aliphatic rings. The summed E-state index contributed by atoms with van der Waals surface area (Å²) in [5.41, 5.74) is 9.02. The molecule has 0 unspecified atom stereocenters. The topological polar surface area (TPSA) is 75.4 Å². The van der Waals surface area contributed by atoms with Crippen molar-refractivity contribution in [3.8, 4) is 0 Å². The van der Waals surface area contributed by atoms with E-state index in [0.29, 0.717) is 25.1 Å². The number of nitrogens with one attached hydrogen (secondary N) is 1. The van der Waals surface area contributed by atoms with Crippen molar-refractivity contribution < 1.29 is 9.59 Å². The summed E-state index contributed by atoms with van der Waals surface area (Å²) in [5, 5.41) is 2.90. The third-order valence-corrected chi connectivity index (χ3v) is 4.91. The molecule has 2 aromatic carbocycles. The first-order valence-corrected chi connectivity index (χ1v) is 9.69. The van der Waals surface area contributed by atoms with Crippen LogP contribution < -0.4 is 16.0 Å². The minimum Gasteiger partial charge on any atom is -0.330 e. The number of halogens is 1. The van der Waals surface area contributed by atoms with E-state index in [2.05, 4.69) is 11.4 Å². The lowest BCUT2D eigenvalue weighted by atomic mass is 10.1. The predicted molar refractivity (Wildman–Crippen MR) is 116 cm³/mol. The molecule has 0 aromatic heterocycles. The van der Waals surface area contributed by atoms with Crippen molar-refractivity contribution in [2.75, 3.05) is 23.3 Å². The summed E-state index contributed by atoms with van der Waals surface area (Å²) >= 11 is 0. The number of para-hydroxylation sites is 1. The van der Waals surface area contributed by atoms with Crippen LogP contribution in [0.5, 0.6) is 0 Å². The van der Waals surface area contributed by atoms with E-state index in [-0.39, 0.29) is 24.2 Å². The SMILES string of the molecule is Cl.NCCCCCCC(=O)Nc1ccc(C(=O)N2CCc3ccccc32)cc1. The van der Waals surface area contributed by atoms with Crippen LogP contribution in [0.1, 0.15) is 48.0 Å². The van der Waals surface area contributed by atoms with E-state index >= 15 is 0 Å². The summed E-state index contributed by atoms with van der Waals surface area (Å²) in [7, 11) is 0. The normalized spacial score (nSPS) is 12.2. The highest BCUT2D eigenvalue weighted by Crippen LogP contribution is 2.29. The molecule has 150 valence electrons. The monoisotopic (exact) mass is 401 g/mol. The summed E-state index contributed by atoms with van der Waals surface area (Å²) in [6.07, 6.45) is 5.38. The molecule has 6 heteroatoms. The van der Waals surface area contributed by atoms with Crippen LogP contribution in [-0.2, 0) is 11.2 Å². The van der Waals surface area contributed by atoms with Gasteiger partial charge in [-0.05, 0) is 61.7 Å². The standard InChI is InChI=1S/C22H27N3O2.ClH/c23-15-6-2-1-3-9-21(26)24-19-12-10-18(11-13-19)22(27)25-16-14-17-7-4-5-8-20(17)25;/h4-5,7-8,10-13H,1-3,6,9,14-16,23H2,(H,24,26);1H. The van der Waals surface area contributed by atoms with Crippen LogP contribution in [0.25, 0.3) is 0 Å². The third-order valence-electron chi connectivity index (χ3n) is 4.91. The van der Waals surface area contributed by atoms with Gasteiger partial charge >= 0.3 is 0 Å². The van der Waals surface area contributed by atoms with Crippen LogP contribution >= 0.6 is 12.4 Å². The van der Waals surface area contributed by atoms with E-state index in [1.54, 1.807) is 24.3 Å². The Morgan fingerprint density at radius 1 is 0.964 bits per heavy atom. The maximum atomic E-state index is 12.8. The molecule has 0 saturated carbocycles. The number of unbranched alkanes of at least 4 members (excludes halogenated alkanes) is 3. The Balaban J connectivity index is 0.00000280. The lowest BCUT2D eigenvalue weighted by Gasteiger charge is -2.17. The molecule has 2 amide bonds. The Labute approximate surface area is 172 Å². The number of rotatable bonds is 8. The first kappa shape index (κ1) is 21.9. The molecular weight excluding hydrogens is 374 g/mol. The number of hydrogen-bond acceptors (Lipinski definition) is 3. The minimum atomic E-state index is -0.00210. The molecule has 1 aliphatic heterocycles. The van der Waals surface area contributed by atoms with Gasteiger partial charge in [-0.1, -0.05) is 31.0 Å². The van der Waals surface area contributed by atoms with Gasteiger partial charge in [0.1, 0.15) is 0 Å². The van der Waals surface area contributed by atoms with Gasteiger partial charge in [0, 0.05) is 29.9 Å². The van der Waals surface area contributed by atoms with Crippen LogP contribution in [0.3, 0.4) is 0 Å². The molecular formula is C22H28ClN3O2. The fraction of sp³-hybridized carbons (Fsp3) is 0.364. The van der Waals surface area contributed by atoms with Gasteiger partial charge in [-0.2, -0.15) is 0 Å². The quantitative estimate of drug-likeness (QED) is 0.652. The molecule has 0 atom stereocenters. The van der Waals surface area contributed by atoms with Crippen molar-refractivity contribution in [2.24, 2.45) is 5.73 Å². The zero-order chi connectivity index (χ0) is 19.1. The van der Waals surface area contributed by atoms with Gasteiger partial charge in [0.2, 0.25) is 5.91 Å². The molecule has 2 aromatic rings. The van der Waals surface area contributed by atoms with Crippen molar-refractivity contribution in [1.82, 2.24) is 0 Å². The average molecular weight is 402 g/mol. The van der Waals surface area contributed by atoms with Crippen LogP contribution in [0, 0.1) is 0 Å². The molecule has 3 N–H and O–H groups in total. The second-order valence-corrected chi connectivity index (χ2v) is 6.91. The van der Waals surface area contributed by atoms with Gasteiger partial charge in [0.15, 0.2) is 0 Å². The summed E-state index contributed by atoms with van der Waals surface area (Å²) in [5.74, 6) is 0.00743. The fourth-order valence-corrected chi connectivity index (χ4v) is 3.41. The number of hydrogen-bond donors (Lipinski definition) is 2. The maximum absolute atomic E-state index is 12.8.